The van der Waals surface area contributed by atoms with Crippen LogP contribution in [0.3, 0.4) is 0 Å². The molecular formula is C5H13N3S. The van der Waals surface area contributed by atoms with Crippen LogP contribution in [0.4, 0.5) is 0 Å². The summed E-state index contributed by atoms with van der Waals surface area (Å²) in [4.78, 5) is 0. The first kappa shape index (κ1) is 7.34. The fourth-order valence-corrected chi connectivity index (χ4v) is 1.47. The quantitative estimate of drug-likeness (QED) is 0.278. The van der Waals surface area contributed by atoms with E-state index in [9.17, 15) is 0 Å². The van der Waals surface area contributed by atoms with Gasteiger partial charge in [-0.25, -0.2) is 0 Å². The molecule has 1 fully saturated rings. The Hall–Kier alpha value is 0.230. The molecule has 0 saturated carbocycles. The van der Waals surface area contributed by atoms with Crippen molar-refractivity contribution in [1.82, 2.24) is 5.32 Å². The van der Waals surface area contributed by atoms with Crippen molar-refractivity contribution in [3.05, 3.63) is 0 Å². The summed E-state index contributed by atoms with van der Waals surface area (Å²) in [7, 11) is 0. The second kappa shape index (κ2) is 2.46. The summed E-state index contributed by atoms with van der Waals surface area (Å²) in [5.74, 6) is -0.676. The van der Waals surface area contributed by atoms with Gasteiger partial charge in [0.1, 0.15) is 5.79 Å². The molecule has 0 aliphatic carbocycles. The molecule has 1 aliphatic rings. The Morgan fingerprint density at radius 1 is 1.56 bits per heavy atom. The highest BCUT2D eigenvalue weighted by Crippen LogP contribution is 2.15. The van der Waals surface area contributed by atoms with Crippen molar-refractivity contribution in [2.45, 2.75) is 30.4 Å². The Morgan fingerprint density at radius 3 is 2.56 bits per heavy atom. The molecule has 0 bridgehead atoms. The third-order valence-corrected chi connectivity index (χ3v) is 1.89. The molecule has 9 heavy (non-hydrogen) atoms. The third kappa shape index (κ3) is 2.14. The Morgan fingerprint density at radius 2 is 2.22 bits per heavy atom. The van der Waals surface area contributed by atoms with E-state index in [2.05, 4.69) is 17.9 Å². The molecule has 0 aromatic carbocycles. The second-order valence-electron chi connectivity index (χ2n) is 2.59. The molecule has 0 spiro atoms. The van der Waals surface area contributed by atoms with Gasteiger partial charge in [-0.05, 0) is 19.3 Å². The molecule has 54 valence electrons. The smallest absolute Gasteiger partial charge is 0.119 e. The van der Waals surface area contributed by atoms with Gasteiger partial charge < -0.3 is 11.5 Å². The van der Waals surface area contributed by atoms with E-state index >= 15 is 0 Å². The zero-order valence-electron chi connectivity index (χ0n) is 5.30. The molecule has 1 rings (SSSR count). The molecule has 0 amide bonds. The molecule has 1 heterocycles. The lowest BCUT2D eigenvalue weighted by Crippen LogP contribution is -2.65. The molecule has 5 N–H and O–H groups in total. The number of nitrogens with one attached hydrogen (secondary N) is 1. The van der Waals surface area contributed by atoms with Crippen molar-refractivity contribution < 1.29 is 0 Å². The monoisotopic (exact) mass is 147 g/mol. The highest BCUT2D eigenvalue weighted by atomic mass is 32.1. The number of thiol groups is 1. The zero-order chi connectivity index (χ0) is 6.91. The summed E-state index contributed by atoms with van der Waals surface area (Å²) >= 11 is 4.20. The first-order valence-corrected chi connectivity index (χ1v) is 3.65. The standard InChI is InChI=1S/C5H13N3S/c6-5(7)3-1-2-4(9)8-5/h4,8-9H,1-3,6-7H2. The van der Waals surface area contributed by atoms with Gasteiger partial charge in [0.25, 0.3) is 0 Å². The summed E-state index contributed by atoms with van der Waals surface area (Å²) in [6.07, 6.45) is 2.96. The summed E-state index contributed by atoms with van der Waals surface area (Å²) in [6.45, 7) is 0. The normalized spacial score (nSPS) is 34.3. The van der Waals surface area contributed by atoms with E-state index in [1.807, 2.05) is 0 Å². The number of hydrogen-bond donors (Lipinski definition) is 4. The summed E-state index contributed by atoms with van der Waals surface area (Å²) in [5.41, 5.74) is 11.2. The maximum atomic E-state index is 5.59. The Balaban J connectivity index is 2.41. The summed E-state index contributed by atoms with van der Waals surface area (Å²) < 4.78 is 0. The van der Waals surface area contributed by atoms with E-state index in [4.69, 9.17) is 11.5 Å². The minimum Gasteiger partial charge on any atom is -0.301 e. The van der Waals surface area contributed by atoms with Gasteiger partial charge in [0.05, 0.1) is 5.37 Å². The number of piperidine rings is 1. The maximum Gasteiger partial charge on any atom is 0.119 e. The molecule has 3 nitrogen and oxygen atoms in total. The predicted molar refractivity (Wildman–Crippen MR) is 40.9 cm³/mol. The molecule has 0 aromatic heterocycles. The van der Waals surface area contributed by atoms with Crippen LogP contribution in [0.1, 0.15) is 19.3 Å². The lowest BCUT2D eigenvalue weighted by atomic mass is 10.1. The molecular weight excluding hydrogens is 134 g/mol. The second-order valence-corrected chi connectivity index (χ2v) is 3.22. The molecule has 0 aromatic rings. The minimum absolute atomic E-state index is 0.175. The van der Waals surface area contributed by atoms with E-state index in [1.165, 1.54) is 0 Å². The molecule has 1 aliphatic heterocycles. The van der Waals surface area contributed by atoms with Crippen molar-refractivity contribution in [2.75, 3.05) is 0 Å². The van der Waals surface area contributed by atoms with Crippen LogP contribution in [0.25, 0.3) is 0 Å². The van der Waals surface area contributed by atoms with Crippen LogP contribution in [0.5, 0.6) is 0 Å². The van der Waals surface area contributed by atoms with E-state index in [0.29, 0.717) is 0 Å². The van der Waals surface area contributed by atoms with Gasteiger partial charge in [0.2, 0.25) is 0 Å². The van der Waals surface area contributed by atoms with E-state index < -0.39 is 5.79 Å². The van der Waals surface area contributed by atoms with Crippen molar-refractivity contribution >= 4 is 12.6 Å². The molecule has 4 heteroatoms. The van der Waals surface area contributed by atoms with Crippen LogP contribution in [0, 0.1) is 0 Å². The fraction of sp³-hybridized carbons (Fsp3) is 1.00. The predicted octanol–water partition coefficient (Wildman–Crippen LogP) is -0.413. The van der Waals surface area contributed by atoms with Crippen LogP contribution in [-0.2, 0) is 0 Å². The van der Waals surface area contributed by atoms with Crippen LogP contribution in [0.15, 0.2) is 0 Å². The van der Waals surface area contributed by atoms with Gasteiger partial charge in [-0.15, -0.1) is 0 Å². The number of hydrogen-bond acceptors (Lipinski definition) is 4. The van der Waals surface area contributed by atoms with Gasteiger partial charge in [-0.2, -0.15) is 12.6 Å². The van der Waals surface area contributed by atoms with Crippen molar-refractivity contribution in [2.24, 2.45) is 11.5 Å². The largest absolute Gasteiger partial charge is 0.301 e. The van der Waals surface area contributed by atoms with E-state index in [0.717, 1.165) is 19.3 Å². The lowest BCUT2D eigenvalue weighted by Gasteiger charge is -2.34. The Labute approximate surface area is 60.6 Å². The summed E-state index contributed by atoms with van der Waals surface area (Å²) in [5, 5.41) is 3.15. The Bertz CT molecular complexity index is 104. The van der Waals surface area contributed by atoms with Gasteiger partial charge in [-0.3, -0.25) is 5.32 Å². The topological polar surface area (TPSA) is 64.1 Å². The van der Waals surface area contributed by atoms with Gasteiger partial charge in [0, 0.05) is 0 Å². The average Bonchev–Trinajstić information content (AvgIpc) is 1.60. The van der Waals surface area contributed by atoms with Crippen molar-refractivity contribution in [3.8, 4) is 0 Å². The van der Waals surface area contributed by atoms with Gasteiger partial charge >= 0.3 is 0 Å². The first-order valence-electron chi connectivity index (χ1n) is 3.14. The van der Waals surface area contributed by atoms with Crippen LogP contribution < -0.4 is 16.8 Å². The SMILES string of the molecule is NC1(N)CCCC(S)N1. The molecule has 1 saturated heterocycles. The molecule has 0 radical (unpaired) electrons. The Kier molecular flexibility index (Phi) is 2.00. The highest BCUT2D eigenvalue weighted by Gasteiger charge is 2.25. The zero-order valence-corrected chi connectivity index (χ0v) is 6.20. The highest BCUT2D eigenvalue weighted by molar-refractivity contribution is 7.80. The van der Waals surface area contributed by atoms with Gasteiger partial charge in [0.15, 0.2) is 0 Å². The lowest BCUT2D eigenvalue weighted by molar-refractivity contribution is 0.258. The molecule has 1 unspecified atom stereocenters. The van der Waals surface area contributed by atoms with Gasteiger partial charge in [-0.1, -0.05) is 0 Å². The van der Waals surface area contributed by atoms with Crippen molar-refractivity contribution in [3.63, 3.8) is 0 Å². The third-order valence-electron chi connectivity index (χ3n) is 1.50. The van der Waals surface area contributed by atoms with Crippen LogP contribution in [-0.4, -0.2) is 11.2 Å². The van der Waals surface area contributed by atoms with E-state index in [-0.39, 0.29) is 5.37 Å². The molecule has 1 atom stereocenters. The minimum atomic E-state index is -0.676. The first-order chi connectivity index (χ1) is 4.10. The average molecular weight is 147 g/mol. The number of nitrogens with two attached hydrogens (primary N) is 2. The summed E-state index contributed by atoms with van der Waals surface area (Å²) in [6, 6.07) is 0. The number of rotatable bonds is 0. The van der Waals surface area contributed by atoms with E-state index in [1.54, 1.807) is 0 Å². The maximum absolute atomic E-state index is 5.59. The van der Waals surface area contributed by atoms with Crippen LogP contribution >= 0.6 is 12.6 Å². The van der Waals surface area contributed by atoms with Crippen LogP contribution in [0.2, 0.25) is 0 Å². The fourth-order valence-electron chi connectivity index (χ4n) is 1.04. The van der Waals surface area contributed by atoms with Crippen molar-refractivity contribution in [1.29, 1.82) is 0 Å².